The minimum absolute atomic E-state index is 0.170. The van der Waals surface area contributed by atoms with Crippen LogP contribution in [0.5, 0.6) is 0 Å². The van der Waals surface area contributed by atoms with E-state index in [1.54, 1.807) is 0 Å². The van der Waals surface area contributed by atoms with Gasteiger partial charge in [-0.15, -0.1) is 0 Å². The van der Waals surface area contributed by atoms with Gasteiger partial charge in [-0.2, -0.15) is 0 Å². The fraction of sp³-hybridized carbons (Fsp3) is 1.00. The standard InChI is InChI=1S/C9H18O2/c1-6(2)9(11)8(10)5-7-3-4-7/h6-11H,3-5H2,1-2H3. The molecule has 2 atom stereocenters. The van der Waals surface area contributed by atoms with E-state index >= 15 is 0 Å². The molecule has 0 aromatic rings. The van der Waals surface area contributed by atoms with Gasteiger partial charge in [-0.3, -0.25) is 0 Å². The molecular formula is C9H18O2. The quantitative estimate of drug-likeness (QED) is 0.644. The maximum atomic E-state index is 9.45. The highest BCUT2D eigenvalue weighted by molar-refractivity contribution is 4.80. The molecule has 0 aliphatic heterocycles. The minimum Gasteiger partial charge on any atom is -0.390 e. The summed E-state index contributed by atoms with van der Waals surface area (Å²) >= 11 is 0. The third-order valence-corrected chi connectivity index (χ3v) is 2.35. The highest BCUT2D eigenvalue weighted by atomic mass is 16.3. The molecule has 0 heterocycles. The van der Waals surface area contributed by atoms with Gasteiger partial charge in [0.2, 0.25) is 0 Å². The Morgan fingerprint density at radius 3 is 2.18 bits per heavy atom. The summed E-state index contributed by atoms with van der Waals surface area (Å²) in [4.78, 5) is 0. The van der Waals surface area contributed by atoms with E-state index in [9.17, 15) is 10.2 Å². The lowest BCUT2D eigenvalue weighted by molar-refractivity contribution is -0.0148. The van der Waals surface area contributed by atoms with E-state index < -0.39 is 12.2 Å². The van der Waals surface area contributed by atoms with Crippen molar-refractivity contribution in [2.45, 2.75) is 45.3 Å². The van der Waals surface area contributed by atoms with Crippen LogP contribution in [0.2, 0.25) is 0 Å². The molecule has 2 nitrogen and oxygen atoms in total. The summed E-state index contributed by atoms with van der Waals surface area (Å²) in [5.41, 5.74) is 0. The maximum absolute atomic E-state index is 9.45. The Labute approximate surface area is 68.2 Å². The van der Waals surface area contributed by atoms with E-state index in [0.29, 0.717) is 5.92 Å². The van der Waals surface area contributed by atoms with Gasteiger partial charge in [0.15, 0.2) is 0 Å². The highest BCUT2D eigenvalue weighted by Gasteiger charge is 2.28. The summed E-state index contributed by atoms with van der Waals surface area (Å²) < 4.78 is 0. The molecule has 0 amide bonds. The van der Waals surface area contributed by atoms with E-state index in [2.05, 4.69) is 0 Å². The van der Waals surface area contributed by atoms with Crippen molar-refractivity contribution >= 4 is 0 Å². The summed E-state index contributed by atoms with van der Waals surface area (Å²) in [6, 6.07) is 0. The Morgan fingerprint density at radius 1 is 1.27 bits per heavy atom. The van der Waals surface area contributed by atoms with Crippen LogP contribution in [0, 0.1) is 11.8 Å². The Morgan fingerprint density at radius 2 is 1.82 bits per heavy atom. The Bertz CT molecular complexity index is 119. The summed E-state index contributed by atoms with van der Waals surface area (Å²) in [6.45, 7) is 3.86. The predicted molar refractivity (Wildman–Crippen MR) is 44.2 cm³/mol. The summed E-state index contributed by atoms with van der Waals surface area (Å²) in [5.74, 6) is 0.863. The average Bonchev–Trinajstić information content (AvgIpc) is 2.69. The third-order valence-electron chi connectivity index (χ3n) is 2.35. The molecule has 66 valence electrons. The molecule has 1 aliphatic rings. The Hall–Kier alpha value is -0.0800. The van der Waals surface area contributed by atoms with Gasteiger partial charge in [0.1, 0.15) is 0 Å². The fourth-order valence-electron chi connectivity index (χ4n) is 1.28. The van der Waals surface area contributed by atoms with Gasteiger partial charge in [0.05, 0.1) is 12.2 Å². The molecule has 11 heavy (non-hydrogen) atoms. The Balaban J connectivity index is 2.20. The minimum atomic E-state index is -0.532. The zero-order chi connectivity index (χ0) is 8.43. The summed E-state index contributed by atoms with van der Waals surface area (Å²) in [7, 11) is 0. The van der Waals surface area contributed by atoms with Gasteiger partial charge in [-0.05, 0) is 18.3 Å². The molecule has 0 aromatic carbocycles. The van der Waals surface area contributed by atoms with Crippen molar-refractivity contribution in [3.63, 3.8) is 0 Å². The van der Waals surface area contributed by atoms with E-state index in [1.807, 2.05) is 13.8 Å². The first-order chi connectivity index (χ1) is 5.11. The molecule has 2 unspecified atom stereocenters. The van der Waals surface area contributed by atoms with E-state index in [0.717, 1.165) is 6.42 Å². The lowest BCUT2D eigenvalue weighted by Crippen LogP contribution is -2.30. The van der Waals surface area contributed by atoms with Gasteiger partial charge < -0.3 is 10.2 Å². The molecular weight excluding hydrogens is 140 g/mol. The lowest BCUT2D eigenvalue weighted by Gasteiger charge is -2.20. The van der Waals surface area contributed by atoms with Crippen LogP contribution < -0.4 is 0 Å². The maximum Gasteiger partial charge on any atom is 0.0822 e. The highest BCUT2D eigenvalue weighted by Crippen LogP contribution is 2.34. The Kier molecular flexibility index (Phi) is 2.90. The normalized spacial score (nSPS) is 23.7. The van der Waals surface area contributed by atoms with Crippen LogP contribution in [0.4, 0.5) is 0 Å². The van der Waals surface area contributed by atoms with Crippen LogP contribution in [0.25, 0.3) is 0 Å². The van der Waals surface area contributed by atoms with Gasteiger partial charge in [-0.1, -0.05) is 26.7 Å². The SMILES string of the molecule is CC(C)C(O)C(O)CC1CC1. The van der Waals surface area contributed by atoms with Crippen LogP contribution in [-0.2, 0) is 0 Å². The van der Waals surface area contributed by atoms with Crippen molar-refractivity contribution in [2.75, 3.05) is 0 Å². The fourth-order valence-corrected chi connectivity index (χ4v) is 1.28. The van der Waals surface area contributed by atoms with Gasteiger partial charge in [0.25, 0.3) is 0 Å². The first-order valence-electron chi connectivity index (χ1n) is 4.47. The van der Waals surface area contributed by atoms with E-state index in [4.69, 9.17) is 0 Å². The van der Waals surface area contributed by atoms with Crippen molar-refractivity contribution in [1.29, 1.82) is 0 Å². The van der Waals surface area contributed by atoms with E-state index in [1.165, 1.54) is 12.8 Å². The van der Waals surface area contributed by atoms with Crippen molar-refractivity contribution in [3.8, 4) is 0 Å². The molecule has 2 heteroatoms. The number of aliphatic hydroxyl groups excluding tert-OH is 2. The second-order valence-electron chi connectivity index (χ2n) is 3.98. The third kappa shape index (κ3) is 2.80. The monoisotopic (exact) mass is 158 g/mol. The lowest BCUT2D eigenvalue weighted by atomic mass is 9.98. The van der Waals surface area contributed by atoms with Crippen molar-refractivity contribution in [2.24, 2.45) is 11.8 Å². The molecule has 0 spiro atoms. The van der Waals surface area contributed by atoms with Crippen LogP contribution in [0.3, 0.4) is 0 Å². The second kappa shape index (κ2) is 3.55. The van der Waals surface area contributed by atoms with Crippen molar-refractivity contribution < 1.29 is 10.2 Å². The molecule has 0 bridgehead atoms. The zero-order valence-electron chi connectivity index (χ0n) is 7.33. The van der Waals surface area contributed by atoms with Crippen molar-refractivity contribution in [3.05, 3.63) is 0 Å². The zero-order valence-corrected chi connectivity index (χ0v) is 7.33. The number of hydrogen-bond acceptors (Lipinski definition) is 2. The molecule has 1 rings (SSSR count). The first-order valence-corrected chi connectivity index (χ1v) is 4.47. The average molecular weight is 158 g/mol. The number of hydrogen-bond donors (Lipinski definition) is 2. The molecule has 0 radical (unpaired) electrons. The molecule has 0 aromatic heterocycles. The molecule has 1 saturated carbocycles. The van der Waals surface area contributed by atoms with Gasteiger partial charge in [-0.25, -0.2) is 0 Å². The smallest absolute Gasteiger partial charge is 0.0822 e. The van der Waals surface area contributed by atoms with Crippen LogP contribution in [-0.4, -0.2) is 22.4 Å². The van der Waals surface area contributed by atoms with Gasteiger partial charge in [0, 0.05) is 0 Å². The second-order valence-corrected chi connectivity index (χ2v) is 3.98. The first kappa shape index (κ1) is 9.01. The topological polar surface area (TPSA) is 40.5 Å². The number of aliphatic hydroxyl groups is 2. The van der Waals surface area contributed by atoms with Gasteiger partial charge >= 0.3 is 0 Å². The van der Waals surface area contributed by atoms with Crippen LogP contribution in [0.15, 0.2) is 0 Å². The molecule has 0 saturated heterocycles. The summed E-state index contributed by atoms with van der Waals surface area (Å²) in [6.07, 6.45) is 2.24. The molecule has 2 N–H and O–H groups in total. The van der Waals surface area contributed by atoms with Crippen LogP contribution >= 0.6 is 0 Å². The largest absolute Gasteiger partial charge is 0.390 e. The predicted octanol–water partition coefficient (Wildman–Crippen LogP) is 1.16. The number of rotatable bonds is 4. The summed E-state index contributed by atoms with van der Waals surface area (Å²) in [5, 5.41) is 18.9. The molecule has 1 fully saturated rings. The molecule has 1 aliphatic carbocycles. The van der Waals surface area contributed by atoms with Crippen molar-refractivity contribution in [1.82, 2.24) is 0 Å². The van der Waals surface area contributed by atoms with Crippen LogP contribution in [0.1, 0.15) is 33.1 Å². The van der Waals surface area contributed by atoms with E-state index in [-0.39, 0.29) is 5.92 Å².